The third-order valence-electron chi connectivity index (χ3n) is 5.55. The van der Waals surface area contributed by atoms with E-state index >= 15 is 0 Å². The quantitative estimate of drug-likeness (QED) is 0.326. The second-order valence-corrected chi connectivity index (χ2v) is 9.55. The van der Waals surface area contributed by atoms with E-state index in [1.807, 2.05) is 13.0 Å². The molecule has 148 valence electrons. The van der Waals surface area contributed by atoms with E-state index in [1.54, 1.807) is 17.7 Å². The van der Waals surface area contributed by atoms with Crippen LogP contribution < -0.4 is 0 Å². The smallest absolute Gasteiger partial charge is 0.174 e. The van der Waals surface area contributed by atoms with Crippen molar-refractivity contribution in [3.8, 4) is 0 Å². The van der Waals surface area contributed by atoms with Gasteiger partial charge in [0.2, 0.25) is 0 Å². The number of carbonyl (C=O) groups is 1. The number of fused-ring (bicyclic) bond motifs is 1. The minimum Gasteiger partial charge on any atom is -0.376 e. The molecule has 0 aliphatic carbocycles. The van der Waals surface area contributed by atoms with E-state index in [-0.39, 0.29) is 11.9 Å². The number of aromatic nitrogens is 3. The molecule has 0 unspecified atom stereocenters. The molecule has 0 aromatic carbocycles. The van der Waals surface area contributed by atoms with E-state index < -0.39 is 0 Å². The molecule has 3 aromatic heterocycles. The summed E-state index contributed by atoms with van der Waals surface area (Å²) in [6.07, 6.45) is 4.08. The van der Waals surface area contributed by atoms with Crippen molar-refractivity contribution in [3.05, 3.63) is 39.8 Å². The molecule has 0 spiro atoms. The molecule has 4 heterocycles. The van der Waals surface area contributed by atoms with Crippen LogP contribution in [0, 0.1) is 27.7 Å². The van der Waals surface area contributed by atoms with Crippen LogP contribution in [0.1, 0.15) is 45.0 Å². The fourth-order valence-electron chi connectivity index (χ4n) is 3.83. The summed E-state index contributed by atoms with van der Waals surface area (Å²) < 4.78 is 8.00. The van der Waals surface area contributed by atoms with E-state index in [1.165, 1.54) is 22.2 Å². The molecule has 0 amide bonds. The topological polar surface area (TPSA) is 57.0 Å². The Balaban J connectivity index is 1.52. The third kappa shape index (κ3) is 3.63. The van der Waals surface area contributed by atoms with Gasteiger partial charge >= 0.3 is 0 Å². The molecule has 0 saturated carbocycles. The van der Waals surface area contributed by atoms with Gasteiger partial charge in [0, 0.05) is 40.4 Å². The second-order valence-electron chi connectivity index (χ2n) is 7.38. The molecule has 1 atom stereocenters. The maximum absolute atomic E-state index is 13.0. The number of thioether (sulfide) groups is 1. The Morgan fingerprint density at radius 1 is 1.32 bits per heavy atom. The number of thiophene rings is 1. The summed E-state index contributed by atoms with van der Waals surface area (Å²) >= 11 is 3.19. The maximum Gasteiger partial charge on any atom is 0.174 e. The van der Waals surface area contributed by atoms with Gasteiger partial charge in [-0.1, -0.05) is 11.8 Å². The van der Waals surface area contributed by atoms with Gasteiger partial charge in [-0.25, -0.2) is 9.97 Å². The van der Waals surface area contributed by atoms with E-state index in [9.17, 15) is 4.79 Å². The van der Waals surface area contributed by atoms with Gasteiger partial charge in [0.25, 0.3) is 0 Å². The van der Waals surface area contributed by atoms with Crippen LogP contribution in [0.3, 0.4) is 0 Å². The highest BCUT2D eigenvalue weighted by Gasteiger charge is 2.21. The Morgan fingerprint density at radius 3 is 2.89 bits per heavy atom. The van der Waals surface area contributed by atoms with E-state index in [2.05, 4.69) is 35.3 Å². The molecule has 1 fully saturated rings. The summed E-state index contributed by atoms with van der Waals surface area (Å²) in [4.78, 5) is 24.0. The molecule has 3 aromatic rings. The first kappa shape index (κ1) is 19.6. The lowest BCUT2D eigenvalue weighted by molar-refractivity contribution is 0.0957. The molecule has 28 heavy (non-hydrogen) atoms. The van der Waals surface area contributed by atoms with Crippen LogP contribution in [0.2, 0.25) is 0 Å². The zero-order valence-electron chi connectivity index (χ0n) is 16.7. The van der Waals surface area contributed by atoms with Gasteiger partial charge in [0.1, 0.15) is 16.2 Å². The minimum absolute atomic E-state index is 0.146. The number of hydrogen-bond donors (Lipinski definition) is 0. The fraction of sp³-hybridized carbons (Fsp3) is 0.476. The summed E-state index contributed by atoms with van der Waals surface area (Å²) in [6.45, 7) is 9.98. The van der Waals surface area contributed by atoms with Gasteiger partial charge < -0.3 is 9.30 Å². The van der Waals surface area contributed by atoms with Crippen LogP contribution in [0.4, 0.5) is 0 Å². The summed E-state index contributed by atoms with van der Waals surface area (Å²) in [5.74, 6) is 0.526. The maximum atomic E-state index is 13.0. The third-order valence-corrected chi connectivity index (χ3v) is 7.66. The van der Waals surface area contributed by atoms with Gasteiger partial charge in [-0.3, -0.25) is 4.79 Å². The van der Waals surface area contributed by atoms with E-state index in [0.717, 1.165) is 58.2 Å². The molecule has 4 rings (SSSR count). The number of ether oxygens (including phenoxy) is 1. The van der Waals surface area contributed by atoms with Crippen LogP contribution in [0.25, 0.3) is 10.2 Å². The van der Waals surface area contributed by atoms with Crippen molar-refractivity contribution in [3.63, 3.8) is 0 Å². The number of rotatable bonds is 6. The first-order valence-corrected chi connectivity index (χ1v) is 11.4. The number of ketones is 1. The summed E-state index contributed by atoms with van der Waals surface area (Å²) in [6, 6.07) is 2.02. The number of nitrogens with zero attached hydrogens (tertiary/aromatic N) is 3. The highest BCUT2D eigenvalue weighted by atomic mass is 32.2. The van der Waals surface area contributed by atoms with Crippen LogP contribution in [-0.4, -0.2) is 38.8 Å². The van der Waals surface area contributed by atoms with Crippen molar-refractivity contribution in [2.75, 3.05) is 12.4 Å². The van der Waals surface area contributed by atoms with Crippen LogP contribution in [0.5, 0.6) is 0 Å². The molecular weight excluding hydrogens is 390 g/mol. The fourth-order valence-corrected chi connectivity index (χ4v) is 5.83. The van der Waals surface area contributed by atoms with Gasteiger partial charge in [-0.15, -0.1) is 11.3 Å². The Hall–Kier alpha value is -1.70. The zero-order valence-corrected chi connectivity index (χ0v) is 18.4. The van der Waals surface area contributed by atoms with Crippen molar-refractivity contribution >= 4 is 39.1 Å². The molecule has 7 heteroatoms. The normalized spacial score (nSPS) is 16.9. The molecular formula is C21H25N3O2S2. The van der Waals surface area contributed by atoms with E-state index in [4.69, 9.17) is 4.74 Å². The van der Waals surface area contributed by atoms with Gasteiger partial charge in [0.05, 0.1) is 11.9 Å². The Kier molecular flexibility index (Phi) is 5.58. The predicted octanol–water partition coefficient (Wildman–Crippen LogP) is 4.88. The number of carbonyl (C=O) groups excluding carboxylic acids is 1. The largest absolute Gasteiger partial charge is 0.376 e. The minimum atomic E-state index is 0.146. The van der Waals surface area contributed by atoms with Crippen LogP contribution in [0.15, 0.2) is 17.4 Å². The second kappa shape index (κ2) is 7.97. The molecule has 1 aliphatic heterocycles. The van der Waals surface area contributed by atoms with Crippen molar-refractivity contribution in [1.29, 1.82) is 0 Å². The van der Waals surface area contributed by atoms with Crippen LogP contribution in [-0.2, 0) is 11.3 Å². The number of hydrogen-bond acceptors (Lipinski definition) is 6. The lowest BCUT2D eigenvalue weighted by atomic mass is 10.2. The highest BCUT2D eigenvalue weighted by molar-refractivity contribution is 8.00. The number of aryl methyl sites for hydroxylation is 3. The molecule has 0 bridgehead atoms. The van der Waals surface area contributed by atoms with Crippen LogP contribution >= 0.6 is 23.1 Å². The van der Waals surface area contributed by atoms with Crippen molar-refractivity contribution < 1.29 is 9.53 Å². The summed E-state index contributed by atoms with van der Waals surface area (Å²) in [5, 5.41) is 1.99. The van der Waals surface area contributed by atoms with Gasteiger partial charge in [0.15, 0.2) is 5.78 Å². The summed E-state index contributed by atoms with van der Waals surface area (Å²) in [7, 11) is 0. The molecule has 1 saturated heterocycles. The molecule has 5 nitrogen and oxygen atoms in total. The summed E-state index contributed by atoms with van der Waals surface area (Å²) in [5.41, 5.74) is 4.18. The number of Topliss-reactive ketones (excluding diaryl/α,β-unsaturated/α-hetero) is 1. The predicted molar refractivity (Wildman–Crippen MR) is 115 cm³/mol. The standard InChI is InChI=1S/C21H25N3O2S2/c1-12-8-17(14(3)24(12)9-16-6-5-7-26-16)18(25)10-27-20-19-13(2)15(4)28-21(19)23-11-22-20/h8,11,16H,5-7,9-10H2,1-4H3/t16-/m0/s1. The van der Waals surface area contributed by atoms with Gasteiger partial charge in [-0.2, -0.15) is 0 Å². The van der Waals surface area contributed by atoms with E-state index in [0.29, 0.717) is 5.75 Å². The van der Waals surface area contributed by atoms with Gasteiger partial charge in [-0.05, 0) is 52.2 Å². The molecule has 0 radical (unpaired) electrons. The monoisotopic (exact) mass is 415 g/mol. The molecule has 0 N–H and O–H groups in total. The lowest BCUT2D eigenvalue weighted by Crippen LogP contribution is -2.17. The lowest BCUT2D eigenvalue weighted by Gasteiger charge is -2.14. The SMILES string of the molecule is Cc1sc2ncnc(SCC(=O)c3cc(C)n(C[C@@H]4CCCO4)c3C)c2c1C. The Morgan fingerprint density at radius 2 is 2.14 bits per heavy atom. The van der Waals surface area contributed by atoms with Crippen molar-refractivity contribution in [2.45, 2.75) is 58.2 Å². The first-order valence-electron chi connectivity index (χ1n) is 9.60. The average molecular weight is 416 g/mol. The molecule has 1 aliphatic rings. The Bertz CT molecular complexity index is 1030. The highest BCUT2D eigenvalue weighted by Crippen LogP contribution is 2.34. The van der Waals surface area contributed by atoms with Crippen molar-refractivity contribution in [1.82, 2.24) is 14.5 Å². The average Bonchev–Trinajstić information content (AvgIpc) is 3.36. The van der Waals surface area contributed by atoms with Crippen molar-refractivity contribution in [2.24, 2.45) is 0 Å². The Labute approximate surface area is 173 Å². The zero-order chi connectivity index (χ0) is 19.8. The first-order chi connectivity index (χ1) is 13.5.